The van der Waals surface area contributed by atoms with Crippen LogP contribution in [0.3, 0.4) is 0 Å². The summed E-state index contributed by atoms with van der Waals surface area (Å²) in [5, 5.41) is 41.4. The minimum Gasteiger partial charge on any atom is -0.479 e. The Labute approximate surface area is 139 Å². The van der Waals surface area contributed by atoms with Gasteiger partial charge in [-0.15, -0.1) is 0 Å². The predicted molar refractivity (Wildman–Crippen MR) is 90.3 cm³/mol. The molecule has 0 aliphatic heterocycles. The first-order chi connectivity index (χ1) is 11.4. The number of aliphatic hydroxyl groups excluding tert-OH is 2. The van der Waals surface area contributed by atoms with Crippen LogP contribution in [0.15, 0.2) is 48.5 Å². The van der Waals surface area contributed by atoms with Crippen molar-refractivity contribution in [1.29, 1.82) is 0 Å². The average molecular weight is 328 g/mol. The molecule has 24 heavy (non-hydrogen) atoms. The Bertz CT molecular complexity index is 784. The first kappa shape index (κ1) is 16.6. The summed E-state index contributed by atoms with van der Waals surface area (Å²) in [5.41, 5.74) is -1.11. The average Bonchev–Trinajstić information content (AvgIpc) is 2.56. The van der Waals surface area contributed by atoms with E-state index in [1.165, 1.54) is 0 Å². The molecule has 2 aromatic rings. The van der Waals surface area contributed by atoms with Gasteiger partial charge in [0.05, 0.1) is 12.2 Å². The molecule has 0 heterocycles. The molecule has 3 rings (SSSR count). The molecule has 0 spiro atoms. The van der Waals surface area contributed by atoms with Crippen molar-refractivity contribution < 1.29 is 25.2 Å². The molecule has 126 valence electrons. The number of aliphatic carboxylic acids is 1. The van der Waals surface area contributed by atoms with Crippen LogP contribution in [-0.2, 0) is 4.79 Å². The van der Waals surface area contributed by atoms with Gasteiger partial charge in [-0.1, -0.05) is 48.6 Å². The standard InChI is InChI=1S/C19H20O5/c20-16-11-19(24,18(22)23)10-15(17(16)21)8-6-12-5-7-13-3-1-2-4-14(13)9-12/h1-9,15-17,20-21,24H,10-11H2,(H,22,23)/b8-6+/t15?,16-,17-,19+/m1/s1. The summed E-state index contributed by atoms with van der Waals surface area (Å²) < 4.78 is 0. The summed E-state index contributed by atoms with van der Waals surface area (Å²) in [6.45, 7) is 0. The SMILES string of the molecule is O=C(O)[C@]1(O)CC(/C=C/c2ccc3ccccc3c2)[C@@H](O)[C@H](O)C1. The zero-order valence-corrected chi connectivity index (χ0v) is 13.0. The molecule has 1 unspecified atom stereocenters. The first-order valence-electron chi connectivity index (χ1n) is 7.88. The molecule has 1 saturated carbocycles. The predicted octanol–water partition coefficient (Wildman–Crippen LogP) is 1.80. The van der Waals surface area contributed by atoms with Crippen molar-refractivity contribution in [3.05, 3.63) is 54.1 Å². The normalized spacial score (nSPS) is 30.7. The number of fused-ring (bicyclic) bond motifs is 1. The lowest BCUT2D eigenvalue weighted by atomic mass is 9.74. The van der Waals surface area contributed by atoms with Gasteiger partial charge in [-0.05, 0) is 28.8 Å². The lowest BCUT2D eigenvalue weighted by Crippen LogP contribution is -2.53. The quantitative estimate of drug-likeness (QED) is 0.689. The van der Waals surface area contributed by atoms with Crippen molar-refractivity contribution in [1.82, 2.24) is 0 Å². The maximum absolute atomic E-state index is 11.2. The molecule has 1 fully saturated rings. The number of hydrogen-bond acceptors (Lipinski definition) is 4. The fraction of sp³-hybridized carbons (Fsp3) is 0.316. The van der Waals surface area contributed by atoms with E-state index in [4.69, 9.17) is 5.11 Å². The molecule has 5 heteroatoms. The van der Waals surface area contributed by atoms with Crippen molar-refractivity contribution in [3.63, 3.8) is 0 Å². The molecule has 0 amide bonds. The lowest BCUT2D eigenvalue weighted by Gasteiger charge is -2.38. The topological polar surface area (TPSA) is 98.0 Å². The van der Waals surface area contributed by atoms with Crippen molar-refractivity contribution in [2.45, 2.75) is 30.7 Å². The van der Waals surface area contributed by atoms with Gasteiger partial charge in [0.15, 0.2) is 5.60 Å². The second-order valence-corrected chi connectivity index (χ2v) is 6.43. The Morgan fingerprint density at radius 3 is 2.50 bits per heavy atom. The van der Waals surface area contributed by atoms with Crippen LogP contribution in [-0.4, -0.2) is 44.2 Å². The van der Waals surface area contributed by atoms with Crippen molar-refractivity contribution in [3.8, 4) is 0 Å². The van der Waals surface area contributed by atoms with E-state index in [0.29, 0.717) is 0 Å². The van der Waals surface area contributed by atoms with Gasteiger partial charge in [-0.2, -0.15) is 0 Å². The van der Waals surface area contributed by atoms with Crippen LogP contribution in [0.5, 0.6) is 0 Å². The van der Waals surface area contributed by atoms with Crippen LogP contribution in [0.2, 0.25) is 0 Å². The van der Waals surface area contributed by atoms with Gasteiger partial charge < -0.3 is 20.4 Å². The van der Waals surface area contributed by atoms with Crippen molar-refractivity contribution in [2.75, 3.05) is 0 Å². The van der Waals surface area contributed by atoms with E-state index in [0.717, 1.165) is 16.3 Å². The number of benzene rings is 2. The Kier molecular flexibility index (Phi) is 4.41. The molecular weight excluding hydrogens is 308 g/mol. The zero-order chi connectivity index (χ0) is 17.3. The summed E-state index contributed by atoms with van der Waals surface area (Å²) >= 11 is 0. The van der Waals surface area contributed by atoms with Crippen LogP contribution in [0.1, 0.15) is 18.4 Å². The molecule has 5 nitrogen and oxygen atoms in total. The summed E-state index contributed by atoms with van der Waals surface area (Å²) in [4.78, 5) is 11.2. The molecule has 0 aromatic heterocycles. The highest BCUT2D eigenvalue weighted by Crippen LogP contribution is 2.34. The van der Waals surface area contributed by atoms with E-state index < -0.39 is 29.7 Å². The molecule has 1 aliphatic rings. The molecular formula is C19H20O5. The van der Waals surface area contributed by atoms with E-state index in [2.05, 4.69) is 0 Å². The Morgan fingerprint density at radius 1 is 1.08 bits per heavy atom. The fourth-order valence-corrected chi connectivity index (χ4v) is 3.25. The monoisotopic (exact) mass is 328 g/mol. The van der Waals surface area contributed by atoms with E-state index in [1.807, 2.05) is 42.5 Å². The lowest BCUT2D eigenvalue weighted by molar-refractivity contribution is -0.176. The van der Waals surface area contributed by atoms with E-state index in [1.54, 1.807) is 12.2 Å². The largest absolute Gasteiger partial charge is 0.479 e. The fourth-order valence-electron chi connectivity index (χ4n) is 3.25. The molecule has 0 radical (unpaired) electrons. The highest BCUT2D eigenvalue weighted by molar-refractivity contribution is 5.84. The number of rotatable bonds is 3. The van der Waals surface area contributed by atoms with Crippen LogP contribution in [0.25, 0.3) is 16.8 Å². The molecule has 0 bridgehead atoms. The molecule has 1 aliphatic carbocycles. The van der Waals surface area contributed by atoms with E-state index in [9.17, 15) is 20.1 Å². The van der Waals surface area contributed by atoms with Crippen LogP contribution >= 0.6 is 0 Å². The summed E-state index contributed by atoms with van der Waals surface area (Å²) in [5.74, 6) is -2.01. The van der Waals surface area contributed by atoms with Crippen LogP contribution in [0, 0.1) is 5.92 Å². The third-order valence-corrected chi connectivity index (χ3v) is 4.66. The van der Waals surface area contributed by atoms with Crippen molar-refractivity contribution >= 4 is 22.8 Å². The number of carbonyl (C=O) groups is 1. The molecule has 2 aromatic carbocycles. The van der Waals surface area contributed by atoms with E-state index >= 15 is 0 Å². The van der Waals surface area contributed by atoms with E-state index in [-0.39, 0.29) is 12.8 Å². The Balaban J connectivity index is 1.84. The Morgan fingerprint density at radius 2 is 1.79 bits per heavy atom. The second-order valence-electron chi connectivity index (χ2n) is 6.43. The van der Waals surface area contributed by atoms with Gasteiger partial charge in [0.2, 0.25) is 0 Å². The highest BCUT2D eigenvalue weighted by Gasteiger charge is 2.48. The van der Waals surface area contributed by atoms with Gasteiger partial charge >= 0.3 is 5.97 Å². The maximum atomic E-state index is 11.2. The second kappa shape index (κ2) is 6.36. The van der Waals surface area contributed by atoms with Gasteiger partial charge in [-0.25, -0.2) is 4.79 Å². The Hall–Kier alpha value is -2.21. The summed E-state index contributed by atoms with van der Waals surface area (Å²) in [6, 6.07) is 13.8. The summed E-state index contributed by atoms with van der Waals surface area (Å²) in [6.07, 6.45) is 0.563. The van der Waals surface area contributed by atoms with Gasteiger partial charge in [0, 0.05) is 12.3 Å². The van der Waals surface area contributed by atoms with Crippen molar-refractivity contribution in [2.24, 2.45) is 5.92 Å². The molecule has 0 saturated heterocycles. The third kappa shape index (κ3) is 3.19. The number of carboxylic acids is 1. The summed E-state index contributed by atoms with van der Waals surface area (Å²) in [7, 11) is 0. The third-order valence-electron chi connectivity index (χ3n) is 4.66. The molecule has 4 N–H and O–H groups in total. The maximum Gasteiger partial charge on any atom is 0.335 e. The van der Waals surface area contributed by atoms with Crippen LogP contribution < -0.4 is 0 Å². The number of aliphatic hydroxyl groups is 3. The number of carboxylic acid groups (broad SMARTS) is 1. The minimum atomic E-state index is -2.02. The van der Waals surface area contributed by atoms with Gasteiger partial charge in [-0.3, -0.25) is 0 Å². The highest BCUT2D eigenvalue weighted by atomic mass is 16.4. The number of hydrogen-bond donors (Lipinski definition) is 4. The zero-order valence-electron chi connectivity index (χ0n) is 13.0. The van der Waals surface area contributed by atoms with Gasteiger partial charge in [0.25, 0.3) is 0 Å². The minimum absolute atomic E-state index is 0.134. The van der Waals surface area contributed by atoms with Gasteiger partial charge in [0.1, 0.15) is 0 Å². The molecule has 4 atom stereocenters. The first-order valence-corrected chi connectivity index (χ1v) is 7.88. The van der Waals surface area contributed by atoms with Crippen LogP contribution in [0.4, 0.5) is 0 Å². The smallest absolute Gasteiger partial charge is 0.335 e.